The van der Waals surface area contributed by atoms with Crippen molar-refractivity contribution in [3.8, 4) is 0 Å². The molecule has 0 unspecified atom stereocenters. The second-order valence-electron chi connectivity index (χ2n) is 10.8. The van der Waals surface area contributed by atoms with Crippen molar-refractivity contribution >= 4 is 28.7 Å². The van der Waals surface area contributed by atoms with Crippen molar-refractivity contribution in [3.63, 3.8) is 0 Å². The minimum Gasteiger partial charge on any atom is -0.466 e. The number of aromatic nitrogens is 1. The molecule has 0 saturated carbocycles. The number of aromatic amines is 1. The number of piperidine rings is 1. The van der Waals surface area contributed by atoms with Gasteiger partial charge in [-0.3, -0.25) is 14.4 Å². The molecule has 1 aliphatic rings. The van der Waals surface area contributed by atoms with Crippen LogP contribution in [0.2, 0.25) is 0 Å². The number of rotatable bonds is 9. The van der Waals surface area contributed by atoms with Gasteiger partial charge in [-0.2, -0.15) is 0 Å². The van der Waals surface area contributed by atoms with Gasteiger partial charge < -0.3 is 25.7 Å². The standard InChI is InChI=1S/C30H38N4O4/c1-4-38-28(37)30(18-21-11-6-5-7-12-21)15-10-16-34(20-30)26(35)25(33-27(36)29(2,3)31)17-22-19-32-24-14-9-8-13-23(22)24/h5-9,11-14,19,25,32H,4,10,15-18,20,31H2,1-3H3,(H,33,36)/t25-,30-/m0/s1. The quantitative estimate of drug-likeness (QED) is 0.376. The molecule has 1 saturated heterocycles. The molecule has 8 heteroatoms. The van der Waals surface area contributed by atoms with Crippen LogP contribution in [-0.4, -0.2) is 58.9 Å². The Bertz CT molecular complexity index is 1280. The van der Waals surface area contributed by atoms with Crippen LogP contribution in [0.25, 0.3) is 10.9 Å². The molecular formula is C30H38N4O4. The molecule has 3 aromatic rings. The van der Waals surface area contributed by atoms with Crippen molar-refractivity contribution in [3.05, 3.63) is 71.9 Å². The lowest BCUT2D eigenvalue weighted by atomic mass is 9.75. The second-order valence-corrected chi connectivity index (χ2v) is 10.8. The third kappa shape index (κ3) is 6.07. The number of amides is 2. The SMILES string of the molecule is CCOC(=O)[C@]1(Cc2ccccc2)CCCN(C(=O)[C@H](Cc2c[nH]c3ccccc23)NC(=O)C(C)(C)N)C1. The molecule has 1 aromatic heterocycles. The average molecular weight is 519 g/mol. The first-order valence-electron chi connectivity index (χ1n) is 13.3. The predicted octanol–water partition coefficient (Wildman–Crippen LogP) is 3.35. The molecular weight excluding hydrogens is 480 g/mol. The number of benzene rings is 2. The molecule has 4 N–H and O–H groups in total. The highest BCUT2D eigenvalue weighted by molar-refractivity contribution is 5.93. The van der Waals surface area contributed by atoms with E-state index in [4.69, 9.17) is 10.5 Å². The van der Waals surface area contributed by atoms with Crippen LogP contribution in [0.1, 0.15) is 44.7 Å². The first kappa shape index (κ1) is 27.4. The lowest BCUT2D eigenvalue weighted by Gasteiger charge is -2.42. The highest BCUT2D eigenvalue weighted by atomic mass is 16.5. The van der Waals surface area contributed by atoms with Gasteiger partial charge >= 0.3 is 5.97 Å². The number of fused-ring (bicyclic) bond motifs is 1. The fourth-order valence-corrected chi connectivity index (χ4v) is 5.26. The van der Waals surface area contributed by atoms with Gasteiger partial charge in [0, 0.05) is 36.6 Å². The molecule has 2 amide bonds. The van der Waals surface area contributed by atoms with Gasteiger partial charge in [0.1, 0.15) is 6.04 Å². The van der Waals surface area contributed by atoms with Gasteiger partial charge in [-0.1, -0.05) is 48.5 Å². The highest BCUT2D eigenvalue weighted by Gasteiger charge is 2.46. The van der Waals surface area contributed by atoms with E-state index in [1.807, 2.05) is 60.8 Å². The van der Waals surface area contributed by atoms with Crippen LogP contribution in [0.15, 0.2) is 60.8 Å². The van der Waals surface area contributed by atoms with Gasteiger partial charge in [0.05, 0.1) is 17.6 Å². The largest absolute Gasteiger partial charge is 0.466 e. The monoisotopic (exact) mass is 518 g/mol. The number of para-hydroxylation sites is 1. The molecule has 1 aliphatic heterocycles. The summed E-state index contributed by atoms with van der Waals surface area (Å²) in [4.78, 5) is 45.3. The molecule has 8 nitrogen and oxygen atoms in total. The number of ether oxygens (including phenoxy) is 1. The smallest absolute Gasteiger partial charge is 0.314 e. The van der Waals surface area contributed by atoms with Crippen molar-refractivity contribution in [2.45, 2.75) is 58.0 Å². The first-order chi connectivity index (χ1) is 18.1. The Hall–Kier alpha value is -3.65. The predicted molar refractivity (Wildman–Crippen MR) is 147 cm³/mol. The van der Waals surface area contributed by atoms with Crippen LogP contribution in [0.4, 0.5) is 0 Å². The Morgan fingerprint density at radius 1 is 1.13 bits per heavy atom. The topological polar surface area (TPSA) is 118 Å². The first-order valence-corrected chi connectivity index (χ1v) is 13.3. The van der Waals surface area contributed by atoms with Gasteiger partial charge in [0.25, 0.3) is 0 Å². The zero-order valence-electron chi connectivity index (χ0n) is 22.5. The number of carbonyl (C=O) groups is 3. The molecule has 0 radical (unpaired) electrons. The van der Waals surface area contributed by atoms with Crippen LogP contribution in [0.5, 0.6) is 0 Å². The van der Waals surface area contributed by atoms with Crippen LogP contribution in [0.3, 0.4) is 0 Å². The van der Waals surface area contributed by atoms with E-state index >= 15 is 0 Å². The van der Waals surface area contributed by atoms with Gasteiger partial charge in [0.15, 0.2) is 0 Å². The normalized spacial score (nSPS) is 18.7. The van der Waals surface area contributed by atoms with E-state index in [1.165, 1.54) is 0 Å². The summed E-state index contributed by atoms with van der Waals surface area (Å²) in [5.41, 5.74) is 6.96. The summed E-state index contributed by atoms with van der Waals surface area (Å²) in [6.45, 7) is 6.02. The minimum absolute atomic E-state index is 0.227. The number of likely N-dealkylation sites (tertiary alicyclic amines) is 1. The Labute approximate surface area is 223 Å². The molecule has 2 atom stereocenters. The summed E-state index contributed by atoms with van der Waals surface area (Å²) in [6.07, 6.45) is 3.94. The maximum absolute atomic E-state index is 14.1. The maximum Gasteiger partial charge on any atom is 0.314 e. The van der Waals surface area contributed by atoms with Crippen LogP contribution >= 0.6 is 0 Å². The lowest BCUT2D eigenvalue weighted by molar-refractivity contribution is -0.161. The van der Waals surface area contributed by atoms with Gasteiger partial charge in [-0.05, 0) is 57.2 Å². The summed E-state index contributed by atoms with van der Waals surface area (Å²) in [6, 6.07) is 16.8. The van der Waals surface area contributed by atoms with E-state index in [1.54, 1.807) is 25.7 Å². The number of hydrogen-bond acceptors (Lipinski definition) is 5. The van der Waals surface area contributed by atoms with Crippen LogP contribution < -0.4 is 11.1 Å². The van der Waals surface area contributed by atoms with Gasteiger partial charge in [0.2, 0.25) is 11.8 Å². The van der Waals surface area contributed by atoms with E-state index < -0.39 is 22.9 Å². The fourth-order valence-electron chi connectivity index (χ4n) is 5.26. The summed E-state index contributed by atoms with van der Waals surface area (Å²) < 4.78 is 5.52. The number of carbonyl (C=O) groups excluding carboxylic acids is 3. The number of H-pyrrole nitrogens is 1. The minimum atomic E-state index is -1.15. The molecule has 0 spiro atoms. The Kier molecular flexibility index (Phi) is 8.21. The number of hydrogen-bond donors (Lipinski definition) is 3. The van der Waals surface area contributed by atoms with E-state index in [9.17, 15) is 14.4 Å². The third-order valence-corrected chi connectivity index (χ3v) is 7.27. The summed E-state index contributed by atoms with van der Waals surface area (Å²) in [7, 11) is 0. The van der Waals surface area contributed by atoms with Crippen molar-refractivity contribution < 1.29 is 19.1 Å². The van der Waals surface area contributed by atoms with E-state index in [0.717, 1.165) is 22.0 Å². The molecule has 1 fully saturated rings. The zero-order valence-corrected chi connectivity index (χ0v) is 22.5. The second kappa shape index (κ2) is 11.4. The number of esters is 1. The summed E-state index contributed by atoms with van der Waals surface area (Å²) in [5, 5.41) is 3.90. The van der Waals surface area contributed by atoms with Gasteiger partial charge in [-0.25, -0.2) is 0 Å². The van der Waals surface area contributed by atoms with E-state index in [-0.39, 0.29) is 25.0 Å². The van der Waals surface area contributed by atoms with Crippen LogP contribution in [0, 0.1) is 5.41 Å². The number of nitrogens with two attached hydrogens (primary N) is 1. The number of nitrogens with one attached hydrogen (secondary N) is 2. The number of nitrogens with zero attached hydrogens (tertiary/aromatic N) is 1. The van der Waals surface area contributed by atoms with Crippen molar-refractivity contribution in [1.82, 2.24) is 15.2 Å². The van der Waals surface area contributed by atoms with Gasteiger partial charge in [-0.15, -0.1) is 0 Å². The maximum atomic E-state index is 14.1. The summed E-state index contributed by atoms with van der Waals surface area (Å²) >= 11 is 0. The van der Waals surface area contributed by atoms with E-state index in [2.05, 4.69) is 10.3 Å². The lowest BCUT2D eigenvalue weighted by Crippen LogP contribution is -2.59. The van der Waals surface area contributed by atoms with E-state index in [0.29, 0.717) is 32.2 Å². The average Bonchev–Trinajstić information content (AvgIpc) is 3.31. The third-order valence-electron chi connectivity index (χ3n) is 7.27. The van der Waals surface area contributed by atoms with Crippen molar-refractivity contribution in [2.24, 2.45) is 11.1 Å². The van der Waals surface area contributed by atoms with Crippen molar-refractivity contribution in [1.29, 1.82) is 0 Å². The molecule has 202 valence electrons. The molecule has 0 bridgehead atoms. The molecule has 38 heavy (non-hydrogen) atoms. The fraction of sp³-hybridized carbons (Fsp3) is 0.433. The molecule has 2 heterocycles. The molecule has 2 aromatic carbocycles. The Morgan fingerprint density at radius 3 is 2.55 bits per heavy atom. The molecule has 0 aliphatic carbocycles. The molecule has 4 rings (SSSR count). The van der Waals surface area contributed by atoms with Crippen molar-refractivity contribution in [2.75, 3.05) is 19.7 Å². The Balaban J connectivity index is 1.63. The highest BCUT2D eigenvalue weighted by Crippen LogP contribution is 2.36. The summed E-state index contributed by atoms with van der Waals surface area (Å²) in [5.74, 6) is -0.926. The zero-order chi connectivity index (χ0) is 27.3. The Morgan fingerprint density at radius 2 is 1.84 bits per heavy atom. The van der Waals surface area contributed by atoms with Crippen LogP contribution in [-0.2, 0) is 32.0 Å².